The number of ether oxygens (including phenoxy) is 1. The Morgan fingerprint density at radius 1 is 1.45 bits per heavy atom. The number of benzene rings is 1. The maximum absolute atomic E-state index is 12.1. The normalized spacial score (nSPS) is 22.6. The number of anilines is 2. The van der Waals surface area contributed by atoms with Crippen LogP contribution >= 0.6 is 0 Å². The van der Waals surface area contributed by atoms with Gasteiger partial charge in [0.2, 0.25) is 0 Å². The summed E-state index contributed by atoms with van der Waals surface area (Å²) < 4.78 is 5.15. The van der Waals surface area contributed by atoms with Gasteiger partial charge in [-0.05, 0) is 50.8 Å². The first-order chi connectivity index (χ1) is 9.52. The van der Waals surface area contributed by atoms with Gasteiger partial charge in [0, 0.05) is 18.3 Å². The molecule has 1 aromatic rings. The molecule has 2 N–H and O–H groups in total. The van der Waals surface area contributed by atoms with Crippen molar-refractivity contribution in [2.75, 3.05) is 23.8 Å². The van der Waals surface area contributed by atoms with E-state index in [-0.39, 0.29) is 5.97 Å². The van der Waals surface area contributed by atoms with Crippen LogP contribution in [0.15, 0.2) is 18.2 Å². The fourth-order valence-corrected chi connectivity index (χ4v) is 2.94. The van der Waals surface area contributed by atoms with Crippen LogP contribution in [-0.2, 0) is 4.74 Å². The van der Waals surface area contributed by atoms with E-state index in [9.17, 15) is 4.79 Å². The third-order valence-corrected chi connectivity index (χ3v) is 3.96. The second kappa shape index (κ2) is 6.16. The van der Waals surface area contributed by atoms with Gasteiger partial charge in [-0.25, -0.2) is 4.79 Å². The molecule has 20 heavy (non-hydrogen) atoms. The quantitative estimate of drug-likeness (QED) is 0.681. The highest BCUT2D eigenvalue weighted by atomic mass is 16.5. The molecule has 4 nitrogen and oxygen atoms in total. The fraction of sp³-hybridized carbons (Fsp3) is 0.562. The summed E-state index contributed by atoms with van der Waals surface area (Å²) in [5.74, 6) is 0.446. The van der Waals surface area contributed by atoms with Crippen LogP contribution < -0.4 is 10.6 Å². The van der Waals surface area contributed by atoms with E-state index in [4.69, 9.17) is 10.5 Å². The Bertz CT molecular complexity index is 487. The molecule has 1 aliphatic rings. The van der Waals surface area contributed by atoms with E-state index < -0.39 is 0 Å². The number of hydrogen-bond donors (Lipinski definition) is 1. The fourth-order valence-electron chi connectivity index (χ4n) is 2.94. The number of esters is 1. The second-order valence-corrected chi connectivity index (χ2v) is 5.67. The van der Waals surface area contributed by atoms with Crippen LogP contribution in [0.5, 0.6) is 0 Å². The molecule has 2 atom stereocenters. The Labute approximate surface area is 120 Å². The topological polar surface area (TPSA) is 55.6 Å². The molecule has 1 aliphatic heterocycles. The van der Waals surface area contributed by atoms with E-state index in [0.717, 1.165) is 31.0 Å². The number of nitrogens with two attached hydrogens (primary N) is 1. The zero-order chi connectivity index (χ0) is 14.7. The number of carbonyl (C=O) groups excluding carboxylic acids is 1. The van der Waals surface area contributed by atoms with E-state index in [2.05, 4.69) is 18.7 Å². The molecule has 110 valence electrons. The standard InChI is InChI=1S/C16H24N2O2/c1-4-20-16(19)14-10-13(17)5-6-15(14)18-8-7-11(2)9-12(18)3/h5-6,10-12H,4,7-9,17H2,1-3H3. The molecule has 0 aliphatic carbocycles. The molecular weight excluding hydrogens is 252 g/mol. The molecule has 0 bridgehead atoms. The van der Waals surface area contributed by atoms with E-state index in [1.165, 1.54) is 0 Å². The molecule has 0 aromatic heterocycles. The van der Waals surface area contributed by atoms with E-state index in [1.54, 1.807) is 6.07 Å². The smallest absolute Gasteiger partial charge is 0.340 e. The lowest BCUT2D eigenvalue weighted by atomic mass is 9.92. The van der Waals surface area contributed by atoms with Crippen molar-refractivity contribution in [2.45, 2.75) is 39.7 Å². The molecule has 0 spiro atoms. The average molecular weight is 276 g/mol. The Kier molecular flexibility index (Phi) is 4.53. The lowest BCUT2D eigenvalue weighted by molar-refractivity contribution is 0.0527. The van der Waals surface area contributed by atoms with Crippen molar-refractivity contribution in [3.63, 3.8) is 0 Å². The minimum atomic E-state index is -0.291. The van der Waals surface area contributed by atoms with Crippen LogP contribution in [0.4, 0.5) is 11.4 Å². The average Bonchev–Trinajstić information content (AvgIpc) is 2.39. The largest absolute Gasteiger partial charge is 0.462 e. The Balaban J connectivity index is 2.33. The maximum atomic E-state index is 12.1. The molecule has 1 aromatic carbocycles. The lowest BCUT2D eigenvalue weighted by Crippen LogP contribution is -2.41. The summed E-state index contributed by atoms with van der Waals surface area (Å²) in [6.07, 6.45) is 2.30. The highest BCUT2D eigenvalue weighted by molar-refractivity contribution is 5.97. The molecule has 1 saturated heterocycles. The highest BCUT2D eigenvalue weighted by Gasteiger charge is 2.26. The highest BCUT2D eigenvalue weighted by Crippen LogP contribution is 2.31. The minimum Gasteiger partial charge on any atom is -0.462 e. The summed E-state index contributed by atoms with van der Waals surface area (Å²) in [6.45, 7) is 7.65. The summed E-state index contributed by atoms with van der Waals surface area (Å²) in [5, 5.41) is 0. The summed E-state index contributed by atoms with van der Waals surface area (Å²) in [7, 11) is 0. The van der Waals surface area contributed by atoms with E-state index in [0.29, 0.717) is 23.9 Å². The molecule has 2 rings (SSSR count). The zero-order valence-electron chi connectivity index (χ0n) is 12.6. The summed E-state index contributed by atoms with van der Waals surface area (Å²) in [5.41, 5.74) is 7.93. The molecular formula is C16H24N2O2. The molecule has 1 heterocycles. The van der Waals surface area contributed by atoms with Gasteiger partial charge in [-0.15, -0.1) is 0 Å². The first kappa shape index (κ1) is 14.7. The van der Waals surface area contributed by atoms with Crippen LogP contribution in [0.1, 0.15) is 44.0 Å². The van der Waals surface area contributed by atoms with Crippen molar-refractivity contribution in [1.29, 1.82) is 0 Å². The van der Waals surface area contributed by atoms with E-state index in [1.807, 2.05) is 19.1 Å². The Morgan fingerprint density at radius 3 is 2.85 bits per heavy atom. The predicted molar refractivity (Wildman–Crippen MR) is 82.0 cm³/mol. The van der Waals surface area contributed by atoms with Gasteiger partial charge in [-0.3, -0.25) is 0 Å². The van der Waals surface area contributed by atoms with Crippen LogP contribution in [0.25, 0.3) is 0 Å². The molecule has 0 saturated carbocycles. The van der Waals surface area contributed by atoms with Gasteiger partial charge in [0.15, 0.2) is 0 Å². The number of piperidine rings is 1. The van der Waals surface area contributed by atoms with Gasteiger partial charge >= 0.3 is 5.97 Å². The SMILES string of the molecule is CCOC(=O)c1cc(N)ccc1N1CCC(C)CC1C. The van der Waals surface area contributed by atoms with Crippen LogP contribution in [0.3, 0.4) is 0 Å². The lowest BCUT2D eigenvalue weighted by Gasteiger charge is -2.39. The first-order valence-corrected chi connectivity index (χ1v) is 7.36. The van der Waals surface area contributed by atoms with Crippen molar-refractivity contribution in [3.05, 3.63) is 23.8 Å². The molecule has 1 fully saturated rings. The van der Waals surface area contributed by atoms with Crippen molar-refractivity contribution in [2.24, 2.45) is 5.92 Å². The number of carbonyl (C=O) groups is 1. The van der Waals surface area contributed by atoms with Crippen molar-refractivity contribution in [1.82, 2.24) is 0 Å². The number of hydrogen-bond acceptors (Lipinski definition) is 4. The Morgan fingerprint density at radius 2 is 2.20 bits per heavy atom. The maximum Gasteiger partial charge on any atom is 0.340 e. The van der Waals surface area contributed by atoms with Gasteiger partial charge in [-0.1, -0.05) is 6.92 Å². The molecule has 2 unspecified atom stereocenters. The zero-order valence-corrected chi connectivity index (χ0v) is 12.6. The van der Waals surface area contributed by atoms with Crippen molar-refractivity contribution in [3.8, 4) is 0 Å². The number of nitrogens with zero attached hydrogens (tertiary/aromatic N) is 1. The third-order valence-electron chi connectivity index (χ3n) is 3.96. The predicted octanol–water partition coefficient (Wildman–Crippen LogP) is 3.07. The third kappa shape index (κ3) is 3.06. The van der Waals surface area contributed by atoms with Gasteiger partial charge < -0.3 is 15.4 Å². The monoisotopic (exact) mass is 276 g/mol. The van der Waals surface area contributed by atoms with Crippen LogP contribution in [-0.4, -0.2) is 25.2 Å². The van der Waals surface area contributed by atoms with Gasteiger partial charge in [0.1, 0.15) is 0 Å². The summed E-state index contributed by atoms with van der Waals surface area (Å²) in [4.78, 5) is 14.4. The van der Waals surface area contributed by atoms with Crippen LogP contribution in [0.2, 0.25) is 0 Å². The summed E-state index contributed by atoms with van der Waals surface area (Å²) in [6, 6.07) is 5.94. The first-order valence-electron chi connectivity index (χ1n) is 7.36. The minimum absolute atomic E-state index is 0.291. The van der Waals surface area contributed by atoms with Gasteiger partial charge in [0.25, 0.3) is 0 Å². The molecule has 0 radical (unpaired) electrons. The Hall–Kier alpha value is -1.71. The molecule has 4 heteroatoms. The molecule has 0 amide bonds. The number of rotatable bonds is 3. The number of nitrogen functional groups attached to an aromatic ring is 1. The second-order valence-electron chi connectivity index (χ2n) is 5.67. The van der Waals surface area contributed by atoms with Crippen LogP contribution in [0, 0.1) is 5.92 Å². The van der Waals surface area contributed by atoms with E-state index >= 15 is 0 Å². The van der Waals surface area contributed by atoms with Crippen molar-refractivity contribution < 1.29 is 9.53 Å². The van der Waals surface area contributed by atoms with Crippen molar-refractivity contribution >= 4 is 17.3 Å². The van der Waals surface area contributed by atoms with Gasteiger partial charge in [-0.2, -0.15) is 0 Å². The summed E-state index contributed by atoms with van der Waals surface area (Å²) >= 11 is 0. The van der Waals surface area contributed by atoms with Gasteiger partial charge in [0.05, 0.1) is 17.9 Å².